The maximum atomic E-state index is 13.7. The Hall–Kier alpha value is -3.14. The molecule has 1 aromatic carbocycles. The van der Waals surface area contributed by atoms with Crippen molar-refractivity contribution in [2.75, 3.05) is 52.9 Å². The molecule has 0 radical (unpaired) electrons. The van der Waals surface area contributed by atoms with Gasteiger partial charge < -0.3 is 24.5 Å². The van der Waals surface area contributed by atoms with E-state index < -0.39 is 22.2 Å². The molecule has 11 nitrogen and oxygen atoms in total. The normalized spacial score (nSPS) is 16.5. The van der Waals surface area contributed by atoms with E-state index in [2.05, 4.69) is 22.0 Å². The molecule has 2 aliphatic rings. The molecule has 0 atom stereocenters. The predicted octanol–water partition coefficient (Wildman–Crippen LogP) is 3.26. The van der Waals surface area contributed by atoms with Crippen LogP contribution in [0, 0.1) is 13.8 Å². The number of aliphatic carboxylic acids is 1. The van der Waals surface area contributed by atoms with Crippen LogP contribution in [0.15, 0.2) is 33.8 Å². The van der Waals surface area contributed by atoms with Gasteiger partial charge in [-0.1, -0.05) is 6.92 Å². The van der Waals surface area contributed by atoms with E-state index in [-0.39, 0.29) is 18.5 Å². The molecule has 1 amide bonds. The molecule has 2 aromatic rings. The van der Waals surface area contributed by atoms with E-state index in [0.717, 1.165) is 52.1 Å². The van der Waals surface area contributed by atoms with E-state index in [4.69, 9.17) is 19.1 Å². The van der Waals surface area contributed by atoms with Gasteiger partial charge in [0, 0.05) is 45.3 Å². The summed E-state index contributed by atoms with van der Waals surface area (Å²) in [5, 5.41) is 10.1. The number of nitrogens with one attached hydrogen (secondary N) is 1. The number of halogens is 3. The van der Waals surface area contributed by atoms with Crippen LogP contribution in [0.25, 0.3) is 0 Å². The van der Waals surface area contributed by atoms with Gasteiger partial charge in [-0.3, -0.25) is 9.69 Å². The number of nitrogens with zero attached hydrogens (tertiary/aromatic N) is 3. The van der Waals surface area contributed by atoms with Crippen molar-refractivity contribution in [3.63, 3.8) is 0 Å². The Bertz CT molecular complexity index is 1350. The second kappa shape index (κ2) is 14.6. The van der Waals surface area contributed by atoms with Crippen molar-refractivity contribution in [2.45, 2.75) is 57.3 Å². The topological polar surface area (TPSA) is 133 Å². The number of carbonyl (C=O) groups is 2. The number of benzene rings is 1. The van der Waals surface area contributed by atoms with E-state index in [9.17, 15) is 26.4 Å². The number of hydrogen-bond donors (Lipinski definition) is 2. The molecule has 2 fully saturated rings. The lowest BCUT2D eigenvalue weighted by atomic mass is 10.1. The van der Waals surface area contributed by atoms with E-state index in [1.165, 1.54) is 10.6 Å². The summed E-state index contributed by atoms with van der Waals surface area (Å²) >= 11 is 0. The first-order valence-electron chi connectivity index (χ1n) is 13.9. The smallest absolute Gasteiger partial charge is 0.490 e. The molecule has 1 aliphatic heterocycles. The van der Waals surface area contributed by atoms with Crippen LogP contribution in [0.1, 0.15) is 47.0 Å². The van der Waals surface area contributed by atoms with Gasteiger partial charge in [-0.2, -0.15) is 17.5 Å². The van der Waals surface area contributed by atoms with Crippen molar-refractivity contribution in [3.05, 3.63) is 46.9 Å². The number of carbonyl (C=O) groups excluding carboxylic acids is 1. The van der Waals surface area contributed by atoms with Crippen molar-refractivity contribution < 1.29 is 45.4 Å². The van der Waals surface area contributed by atoms with Crippen LogP contribution >= 0.6 is 0 Å². The number of alkyl halides is 3. The van der Waals surface area contributed by atoms with E-state index >= 15 is 0 Å². The van der Waals surface area contributed by atoms with Crippen LogP contribution in [0.2, 0.25) is 0 Å². The van der Waals surface area contributed by atoms with Gasteiger partial charge in [-0.05, 0) is 62.6 Å². The molecule has 1 aromatic heterocycles. The highest BCUT2D eigenvalue weighted by atomic mass is 32.2. The molecular formula is C28H39F3N4O7S. The molecule has 1 saturated carbocycles. The fourth-order valence-electron chi connectivity index (χ4n) is 4.82. The lowest BCUT2D eigenvalue weighted by Gasteiger charge is -2.33. The second-order valence-electron chi connectivity index (χ2n) is 10.5. The molecule has 0 spiro atoms. The van der Waals surface area contributed by atoms with Crippen LogP contribution in [-0.4, -0.2) is 105 Å². The Morgan fingerprint density at radius 2 is 1.65 bits per heavy atom. The molecule has 240 valence electrons. The standard InChI is InChI=1S/C26H38N4O5S.C2HF3O2/c1-5-28-10-12-29(13-11-28)9-8-27-26(31)21-16-24(35-18-21)17-30(22-6-7-22)36(32,33)25-19(2)14-23(34-4)15-20(25)3;3-2(4,5)1(6)7/h14-16,18,22H,5-13,17H2,1-4H3,(H,27,31);(H,6,7). The Kier molecular flexibility index (Phi) is 11.6. The third-order valence-electron chi connectivity index (χ3n) is 7.29. The minimum absolute atomic E-state index is 0.0635. The molecular weight excluding hydrogens is 593 g/mol. The number of piperazine rings is 1. The number of carboxylic acid groups (broad SMARTS) is 1. The van der Waals surface area contributed by atoms with Crippen LogP contribution in [0.3, 0.4) is 0 Å². The van der Waals surface area contributed by atoms with E-state index in [1.54, 1.807) is 39.2 Å². The van der Waals surface area contributed by atoms with Crippen LogP contribution in [0.5, 0.6) is 5.75 Å². The maximum absolute atomic E-state index is 13.7. The summed E-state index contributed by atoms with van der Waals surface area (Å²) in [6.45, 7) is 12.4. The summed E-state index contributed by atoms with van der Waals surface area (Å²) in [7, 11) is -2.19. The SMILES string of the molecule is CCN1CCN(CCNC(=O)c2coc(CN(C3CC3)S(=O)(=O)c3c(C)cc(OC)cc3C)c2)CC1.O=C(O)C(F)(F)F. The minimum atomic E-state index is -5.08. The number of carboxylic acids is 1. The van der Waals surface area contributed by atoms with Crippen molar-refractivity contribution in [3.8, 4) is 5.75 Å². The number of rotatable bonds is 11. The molecule has 0 unspecified atom stereocenters. The number of furan rings is 1. The van der Waals surface area contributed by atoms with Crippen LogP contribution in [0.4, 0.5) is 13.2 Å². The number of aryl methyl sites for hydroxylation is 2. The molecule has 1 aliphatic carbocycles. The predicted molar refractivity (Wildman–Crippen MR) is 152 cm³/mol. The molecule has 0 bridgehead atoms. The van der Waals surface area contributed by atoms with Gasteiger partial charge in [-0.25, -0.2) is 13.2 Å². The summed E-state index contributed by atoms with van der Waals surface area (Å²) in [5.41, 5.74) is 1.70. The van der Waals surface area contributed by atoms with E-state index in [0.29, 0.717) is 39.6 Å². The lowest BCUT2D eigenvalue weighted by molar-refractivity contribution is -0.192. The first-order valence-corrected chi connectivity index (χ1v) is 15.4. The Balaban J connectivity index is 0.000000646. The average Bonchev–Trinajstić information content (AvgIpc) is 3.67. The third kappa shape index (κ3) is 9.42. The number of sulfonamides is 1. The van der Waals surface area contributed by atoms with Gasteiger partial charge >= 0.3 is 12.1 Å². The average molecular weight is 633 g/mol. The quantitative estimate of drug-likeness (QED) is 0.383. The summed E-state index contributed by atoms with van der Waals surface area (Å²) < 4.78 is 71.5. The highest BCUT2D eigenvalue weighted by Gasteiger charge is 2.40. The highest BCUT2D eigenvalue weighted by molar-refractivity contribution is 7.89. The van der Waals surface area contributed by atoms with Gasteiger partial charge in [0.25, 0.3) is 5.91 Å². The zero-order valence-electron chi connectivity index (χ0n) is 24.7. The Labute approximate surface area is 249 Å². The molecule has 2 heterocycles. The van der Waals surface area contributed by atoms with Gasteiger partial charge in [0.05, 0.1) is 24.1 Å². The summed E-state index contributed by atoms with van der Waals surface area (Å²) in [5.74, 6) is -1.88. The molecule has 1 saturated heterocycles. The number of hydrogen-bond acceptors (Lipinski definition) is 8. The number of methoxy groups -OCH3 is 1. The second-order valence-corrected chi connectivity index (χ2v) is 12.3. The summed E-state index contributed by atoms with van der Waals surface area (Å²) in [6, 6.07) is 5.06. The van der Waals surface area contributed by atoms with Crippen LogP contribution < -0.4 is 10.1 Å². The molecule has 15 heteroatoms. The molecule has 43 heavy (non-hydrogen) atoms. The van der Waals surface area contributed by atoms with Crippen molar-refractivity contribution in [1.82, 2.24) is 19.4 Å². The van der Waals surface area contributed by atoms with Crippen molar-refractivity contribution in [1.29, 1.82) is 0 Å². The van der Waals surface area contributed by atoms with Crippen molar-refractivity contribution >= 4 is 21.9 Å². The monoisotopic (exact) mass is 632 g/mol. The number of likely N-dealkylation sites (N-methyl/N-ethyl adjacent to an activating group) is 1. The zero-order valence-corrected chi connectivity index (χ0v) is 25.6. The first-order chi connectivity index (χ1) is 20.2. The van der Waals surface area contributed by atoms with Crippen molar-refractivity contribution in [2.24, 2.45) is 0 Å². The van der Waals surface area contributed by atoms with Gasteiger partial charge in [0.2, 0.25) is 10.0 Å². The fraction of sp³-hybridized carbons (Fsp3) is 0.571. The molecule has 2 N–H and O–H groups in total. The Morgan fingerprint density at radius 1 is 1.09 bits per heavy atom. The van der Waals surface area contributed by atoms with Crippen LogP contribution in [-0.2, 0) is 21.4 Å². The van der Waals surface area contributed by atoms with Gasteiger partial charge in [-0.15, -0.1) is 0 Å². The maximum Gasteiger partial charge on any atom is 0.490 e. The van der Waals surface area contributed by atoms with E-state index in [1.807, 2.05) is 0 Å². The third-order valence-corrected chi connectivity index (χ3v) is 9.49. The van der Waals surface area contributed by atoms with Gasteiger partial charge in [0.15, 0.2) is 0 Å². The highest BCUT2D eigenvalue weighted by Crippen LogP contribution is 2.36. The molecule has 4 rings (SSSR count). The lowest BCUT2D eigenvalue weighted by Crippen LogP contribution is -2.48. The summed E-state index contributed by atoms with van der Waals surface area (Å²) in [4.78, 5) is 26.6. The number of amides is 1. The summed E-state index contributed by atoms with van der Waals surface area (Å²) in [6.07, 6.45) is -2.05. The minimum Gasteiger partial charge on any atom is -0.497 e. The zero-order chi connectivity index (χ0) is 31.9. The Morgan fingerprint density at radius 3 is 2.14 bits per heavy atom. The largest absolute Gasteiger partial charge is 0.497 e. The number of ether oxygens (including phenoxy) is 1. The van der Waals surface area contributed by atoms with Gasteiger partial charge in [0.1, 0.15) is 17.8 Å². The fourth-order valence-corrected chi connectivity index (χ4v) is 6.89. The first kappa shape index (κ1) is 34.4.